The molecule has 1 aromatic heterocycles. The summed E-state index contributed by atoms with van der Waals surface area (Å²) in [7, 11) is 0. The zero-order valence-corrected chi connectivity index (χ0v) is 12.6. The van der Waals surface area contributed by atoms with Crippen LogP contribution in [0.3, 0.4) is 0 Å². The third kappa shape index (κ3) is 3.00. The second kappa shape index (κ2) is 6.39. The lowest BCUT2D eigenvalue weighted by Gasteiger charge is -2.21. The van der Waals surface area contributed by atoms with Crippen molar-refractivity contribution in [3.8, 4) is 0 Å². The van der Waals surface area contributed by atoms with E-state index >= 15 is 0 Å². The number of hydrogen-bond acceptors (Lipinski definition) is 3. The van der Waals surface area contributed by atoms with E-state index in [0.29, 0.717) is 6.04 Å². The molecule has 112 valence electrons. The molecule has 3 rings (SSSR count). The van der Waals surface area contributed by atoms with Crippen LogP contribution < -0.4 is 10.7 Å². The van der Waals surface area contributed by atoms with Crippen molar-refractivity contribution in [3.05, 3.63) is 40.7 Å². The van der Waals surface area contributed by atoms with E-state index in [9.17, 15) is 4.79 Å². The highest BCUT2D eigenvalue weighted by Crippen LogP contribution is 2.29. The number of rotatable bonds is 5. The number of aromatic nitrogens is 2. The smallest absolute Gasteiger partial charge is 0.207 e. The maximum absolute atomic E-state index is 11.8. The van der Waals surface area contributed by atoms with Gasteiger partial charge in [0.1, 0.15) is 0 Å². The van der Waals surface area contributed by atoms with Crippen molar-refractivity contribution in [3.63, 3.8) is 0 Å². The molecule has 1 aliphatic carbocycles. The van der Waals surface area contributed by atoms with Gasteiger partial charge in [0.05, 0.1) is 11.7 Å². The summed E-state index contributed by atoms with van der Waals surface area (Å²) in [6, 6.07) is 8.40. The van der Waals surface area contributed by atoms with Crippen molar-refractivity contribution < 1.29 is 0 Å². The molecule has 0 spiro atoms. The van der Waals surface area contributed by atoms with Crippen molar-refractivity contribution in [1.29, 1.82) is 0 Å². The quantitative estimate of drug-likeness (QED) is 0.918. The molecule has 1 aliphatic rings. The predicted octanol–water partition coefficient (Wildman–Crippen LogP) is 2.56. The normalized spacial score (nSPS) is 22.0. The molecule has 1 N–H and O–H groups in total. The summed E-state index contributed by atoms with van der Waals surface area (Å²) < 4.78 is 1.98. The molecule has 1 aromatic carbocycles. The maximum Gasteiger partial charge on any atom is 0.207 e. The number of nitrogens with zero attached hydrogens (tertiary/aromatic N) is 2. The highest BCUT2D eigenvalue weighted by atomic mass is 16.1. The van der Waals surface area contributed by atoms with Crippen LogP contribution in [-0.4, -0.2) is 22.4 Å². The van der Waals surface area contributed by atoms with E-state index in [1.807, 2.05) is 28.9 Å². The van der Waals surface area contributed by atoms with E-state index in [0.717, 1.165) is 36.3 Å². The molecule has 0 radical (unpaired) electrons. The monoisotopic (exact) mass is 285 g/mol. The molecule has 1 fully saturated rings. The van der Waals surface area contributed by atoms with Gasteiger partial charge in [0.15, 0.2) is 0 Å². The van der Waals surface area contributed by atoms with Crippen molar-refractivity contribution in [1.82, 2.24) is 15.1 Å². The Morgan fingerprint density at radius 2 is 2.19 bits per heavy atom. The van der Waals surface area contributed by atoms with E-state index in [4.69, 9.17) is 0 Å². The van der Waals surface area contributed by atoms with Gasteiger partial charge in [-0.15, -0.1) is 0 Å². The Kier molecular flexibility index (Phi) is 4.34. The molecular formula is C17H23N3O. The molecule has 1 saturated carbocycles. The summed E-state index contributed by atoms with van der Waals surface area (Å²) in [4.78, 5) is 11.8. The van der Waals surface area contributed by atoms with Crippen LogP contribution in [0.5, 0.6) is 0 Å². The van der Waals surface area contributed by atoms with Crippen LogP contribution in [0.15, 0.2) is 35.3 Å². The maximum atomic E-state index is 11.8. The fraction of sp³-hybridized carbons (Fsp3) is 0.529. The van der Waals surface area contributed by atoms with Crippen LogP contribution in [0.2, 0.25) is 0 Å². The first kappa shape index (κ1) is 14.3. The lowest BCUT2D eigenvalue weighted by atomic mass is 9.99. The largest absolute Gasteiger partial charge is 0.314 e. The molecule has 0 amide bonds. The number of hydrogen-bond donors (Lipinski definition) is 1. The third-order valence-electron chi connectivity index (χ3n) is 4.60. The molecule has 4 heteroatoms. The van der Waals surface area contributed by atoms with Crippen molar-refractivity contribution in [2.75, 3.05) is 6.54 Å². The van der Waals surface area contributed by atoms with Crippen LogP contribution in [0.1, 0.15) is 32.6 Å². The number of aryl methyl sites for hydroxylation is 1. The molecule has 2 atom stereocenters. The minimum absolute atomic E-state index is 0.00763. The Bertz CT molecular complexity index is 664. The molecule has 1 heterocycles. The van der Waals surface area contributed by atoms with E-state index in [-0.39, 0.29) is 5.43 Å². The van der Waals surface area contributed by atoms with Gasteiger partial charge >= 0.3 is 0 Å². The topological polar surface area (TPSA) is 46.9 Å². The average molecular weight is 285 g/mol. The van der Waals surface area contributed by atoms with Gasteiger partial charge in [-0.05, 0) is 43.9 Å². The van der Waals surface area contributed by atoms with Crippen LogP contribution in [-0.2, 0) is 6.54 Å². The van der Waals surface area contributed by atoms with Gasteiger partial charge in [-0.2, -0.15) is 5.10 Å². The van der Waals surface area contributed by atoms with Gasteiger partial charge < -0.3 is 5.32 Å². The Morgan fingerprint density at radius 3 is 3.05 bits per heavy atom. The summed E-state index contributed by atoms with van der Waals surface area (Å²) in [6.07, 6.45) is 6.48. The fourth-order valence-electron chi connectivity index (χ4n) is 3.54. The van der Waals surface area contributed by atoms with Crippen LogP contribution in [0, 0.1) is 5.92 Å². The zero-order valence-electron chi connectivity index (χ0n) is 12.6. The summed E-state index contributed by atoms with van der Waals surface area (Å²) in [5.74, 6) is 0.727. The van der Waals surface area contributed by atoms with Gasteiger partial charge in [0.2, 0.25) is 5.43 Å². The Labute approximate surface area is 125 Å². The Balaban J connectivity index is 1.77. The standard InChI is InChI=1S/C17H23N3O/c1-2-18-15-8-5-6-13(15)10-11-20-16-9-4-3-7-14(16)17(21)12-19-20/h3-4,7,9,12-13,15,18H,2,5-6,8,10-11H2,1H3. The SMILES string of the molecule is CCNC1CCCC1CCn1ncc(=O)c2ccccc21. The second-order valence-corrected chi connectivity index (χ2v) is 5.89. The molecule has 4 nitrogen and oxygen atoms in total. The average Bonchev–Trinajstić information content (AvgIpc) is 2.95. The minimum atomic E-state index is 0.00763. The van der Waals surface area contributed by atoms with Crippen molar-refractivity contribution in [2.45, 2.75) is 45.2 Å². The molecule has 2 aromatic rings. The first-order valence-corrected chi connectivity index (χ1v) is 7.98. The van der Waals surface area contributed by atoms with Gasteiger partial charge in [0.25, 0.3) is 0 Å². The fourth-order valence-corrected chi connectivity index (χ4v) is 3.54. The second-order valence-electron chi connectivity index (χ2n) is 5.89. The third-order valence-corrected chi connectivity index (χ3v) is 4.60. The van der Waals surface area contributed by atoms with E-state index in [1.165, 1.54) is 25.5 Å². The highest BCUT2D eigenvalue weighted by Gasteiger charge is 2.26. The number of nitrogens with one attached hydrogen (secondary N) is 1. The predicted molar refractivity (Wildman–Crippen MR) is 85.4 cm³/mol. The summed E-state index contributed by atoms with van der Waals surface area (Å²) in [5.41, 5.74) is 0.955. The number of para-hydroxylation sites is 1. The lowest BCUT2D eigenvalue weighted by molar-refractivity contribution is 0.360. The number of benzene rings is 1. The van der Waals surface area contributed by atoms with Gasteiger partial charge in [-0.1, -0.05) is 25.5 Å². The van der Waals surface area contributed by atoms with E-state index < -0.39 is 0 Å². The summed E-state index contributed by atoms with van der Waals surface area (Å²) in [6.45, 7) is 4.10. The van der Waals surface area contributed by atoms with Gasteiger partial charge in [0, 0.05) is 18.0 Å². The molecular weight excluding hydrogens is 262 g/mol. The van der Waals surface area contributed by atoms with Crippen LogP contribution in [0.25, 0.3) is 10.9 Å². The summed E-state index contributed by atoms with van der Waals surface area (Å²) >= 11 is 0. The molecule has 21 heavy (non-hydrogen) atoms. The Hall–Kier alpha value is -1.68. The molecule has 2 unspecified atom stereocenters. The van der Waals surface area contributed by atoms with Crippen molar-refractivity contribution >= 4 is 10.9 Å². The molecule has 0 bridgehead atoms. The lowest BCUT2D eigenvalue weighted by Crippen LogP contribution is -2.32. The van der Waals surface area contributed by atoms with E-state index in [2.05, 4.69) is 17.3 Å². The van der Waals surface area contributed by atoms with Gasteiger partial charge in [-0.3, -0.25) is 9.48 Å². The molecule has 0 aliphatic heterocycles. The number of fused-ring (bicyclic) bond motifs is 1. The Morgan fingerprint density at radius 1 is 1.33 bits per heavy atom. The zero-order chi connectivity index (χ0) is 14.7. The highest BCUT2D eigenvalue weighted by molar-refractivity contribution is 5.77. The first-order chi connectivity index (χ1) is 10.3. The summed E-state index contributed by atoms with van der Waals surface area (Å²) in [5, 5.41) is 8.69. The van der Waals surface area contributed by atoms with Crippen LogP contribution in [0.4, 0.5) is 0 Å². The minimum Gasteiger partial charge on any atom is -0.314 e. The molecule has 0 saturated heterocycles. The van der Waals surface area contributed by atoms with Crippen LogP contribution >= 0.6 is 0 Å². The van der Waals surface area contributed by atoms with Crippen molar-refractivity contribution in [2.24, 2.45) is 5.92 Å². The van der Waals surface area contributed by atoms with E-state index in [1.54, 1.807) is 0 Å². The van der Waals surface area contributed by atoms with Gasteiger partial charge in [-0.25, -0.2) is 0 Å². The first-order valence-electron chi connectivity index (χ1n) is 7.98.